The summed E-state index contributed by atoms with van der Waals surface area (Å²) >= 11 is 5.84. The van der Waals surface area contributed by atoms with Crippen LogP contribution in [0.4, 0.5) is 5.82 Å². The summed E-state index contributed by atoms with van der Waals surface area (Å²) in [6.07, 6.45) is 3.57. The van der Waals surface area contributed by atoms with Gasteiger partial charge in [0.15, 0.2) is 5.82 Å². The number of hydrogen-bond acceptors (Lipinski definition) is 3. The molecule has 0 spiro atoms. The first-order chi connectivity index (χ1) is 7.61. The lowest BCUT2D eigenvalue weighted by Gasteiger charge is -2.02. The molecule has 16 heavy (non-hydrogen) atoms. The third-order valence-corrected chi connectivity index (χ3v) is 2.87. The van der Waals surface area contributed by atoms with Crippen molar-refractivity contribution < 1.29 is 0 Å². The highest BCUT2D eigenvalue weighted by Crippen LogP contribution is 2.17. The summed E-state index contributed by atoms with van der Waals surface area (Å²) < 4.78 is 3.67. The molecule has 0 bridgehead atoms. The fourth-order valence-corrected chi connectivity index (χ4v) is 1.78. The van der Waals surface area contributed by atoms with Crippen LogP contribution in [0.3, 0.4) is 0 Å². The van der Waals surface area contributed by atoms with Gasteiger partial charge in [-0.05, 0) is 13.8 Å². The van der Waals surface area contributed by atoms with Crippen LogP contribution in [0.25, 0.3) is 0 Å². The Morgan fingerprint density at radius 1 is 1.50 bits per heavy atom. The molecular formula is C10H14ClN5. The molecule has 0 aliphatic carbocycles. The summed E-state index contributed by atoms with van der Waals surface area (Å²) in [4.78, 5) is 0. The van der Waals surface area contributed by atoms with E-state index in [0.29, 0.717) is 17.4 Å². The van der Waals surface area contributed by atoms with Crippen LogP contribution in [0.1, 0.15) is 18.2 Å². The summed E-state index contributed by atoms with van der Waals surface area (Å²) in [5.74, 6) is 0.363. The third kappa shape index (κ3) is 1.90. The monoisotopic (exact) mass is 239 g/mol. The molecular weight excluding hydrogens is 226 g/mol. The summed E-state index contributed by atoms with van der Waals surface area (Å²) in [6.45, 7) is 5.61. The maximum Gasteiger partial charge on any atom is 0.164 e. The highest BCUT2D eigenvalue weighted by molar-refractivity contribution is 6.32. The van der Waals surface area contributed by atoms with Crippen LogP contribution in [-0.4, -0.2) is 19.6 Å². The number of nitrogens with zero attached hydrogens (tertiary/aromatic N) is 4. The van der Waals surface area contributed by atoms with Gasteiger partial charge in [0.05, 0.1) is 12.7 Å². The molecule has 2 aromatic heterocycles. The molecule has 0 aliphatic heterocycles. The maximum absolute atomic E-state index is 5.84. The third-order valence-electron chi connectivity index (χ3n) is 2.58. The minimum absolute atomic E-state index is 0.363. The van der Waals surface area contributed by atoms with Crippen LogP contribution >= 0.6 is 11.6 Å². The first-order valence-electron chi connectivity index (χ1n) is 5.11. The van der Waals surface area contributed by atoms with Crippen molar-refractivity contribution in [1.29, 1.82) is 0 Å². The summed E-state index contributed by atoms with van der Waals surface area (Å²) in [5.41, 5.74) is 7.85. The van der Waals surface area contributed by atoms with Crippen LogP contribution in [0.15, 0.2) is 12.4 Å². The van der Waals surface area contributed by atoms with Crippen molar-refractivity contribution >= 4 is 17.4 Å². The molecule has 2 N–H and O–H groups in total. The van der Waals surface area contributed by atoms with Crippen molar-refractivity contribution in [3.63, 3.8) is 0 Å². The molecule has 2 aromatic rings. The van der Waals surface area contributed by atoms with Crippen molar-refractivity contribution in [3.8, 4) is 0 Å². The fourth-order valence-electron chi connectivity index (χ4n) is 1.63. The Kier molecular flexibility index (Phi) is 2.87. The van der Waals surface area contributed by atoms with E-state index in [-0.39, 0.29) is 0 Å². The van der Waals surface area contributed by atoms with Gasteiger partial charge in [0.25, 0.3) is 0 Å². The highest BCUT2D eigenvalue weighted by atomic mass is 35.5. The topological polar surface area (TPSA) is 61.7 Å². The second-order valence-corrected chi connectivity index (χ2v) is 4.04. The Hall–Kier alpha value is -1.49. The number of rotatable bonds is 3. The first-order valence-corrected chi connectivity index (χ1v) is 5.49. The quantitative estimate of drug-likeness (QED) is 0.887. The number of hydrogen-bond donors (Lipinski definition) is 1. The van der Waals surface area contributed by atoms with Gasteiger partial charge in [0.2, 0.25) is 0 Å². The van der Waals surface area contributed by atoms with E-state index in [4.69, 9.17) is 17.3 Å². The van der Waals surface area contributed by atoms with Gasteiger partial charge in [-0.2, -0.15) is 10.2 Å². The maximum atomic E-state index is 5.84. The Bertz CT molecular complexity index is 480. The first kappa shape index (κ1) is 11.0. The van der Waals surface area contributed by atoms with E-state index < -0.39 is 0 Å². The average Bonchev–Trinajstić information content (AvgIpc) is 2.74. The largest absolute Gasteiger partial charge is 0.381 e. The number of anilines is 1. The molecule has 0 radical (unpaired) electrons. The lowest BCUT2D eigenvalue weighted by atomic mass is 10.2. The lowest BCUT2D eigenvalue weighted by molar-refractivity contribution is 0.633. The standard InChI is InChI=1S/C10H14ClN5/c1-3-16-7(2)8(4-13-16)5-15-6-9(11)10(12)14-15/h4,6H,3,5H2,1-2H3,(H2,12,14). The summed E-state index contributed by atoms with van der Waals surface area (Å²) in [6, 6.07) is 0. The molecule has 0 unspecified atom stereocenters. The highest BCUT2D eigenvalue weighted by Gasteiger charge is 2.08. The van der Waals surface area contributed by atoms with Crippen molar-refractivity contribution in [2.75, 3.05) is 5.73 Å². The second-order valence-electron chi connectivity index (χ2n) is 3.63. The molecule has 0 saturated heterocycles. The average molecular weight is 240 g/mol. The van der Waals surface area contributed by atoms with Crippen molar-refractivity contribution in [3.05, 3.63) is 28.7 Å². The number of aryl methyl sites for hydroxylation is 1. The zero-order valence-electron chi connectivity index (χ0n) is 9.31. The van der Waals surface area contributed by atoms with Crippen LogP contribution in [0.5, 0.6) is 0 Å². The molecule has 0 fully saturated rings. The van der Waals surface area contributed by atoms with Gasteiger partial charge in [0.1, 0.15) is 5.02 Å². The van der Waals surface area contributed by atoms with Crippen molar-refractivity contribution in [2.45, 2.75) is 26.9 Å². The van der Waals surface area contributed by atoms with Gasteiger partial charge >= 0.3 is 0 Å². The van der Waals surface area contributed by atoms with E-state index in [1.54, 1.807) is 10.9 Å². The van der Waals surface area contributed by atoms with Crippen LogP contribution in [-0.2, 0) is 13.1 Å². The molecule has 86 valence electrons. The lowest BCUT2D eigenvalue weighted by Crippen LogP contribution is -2.04. The minimum Gasteiger partial charge on any atom is -0.381 e. The van der Waals surface area contributed by atoms with E-state index in [9.17, 15) is 0 Å². The zero-order valence-corrected chi connectivity index (χ0v) is 10.1. The SMILES string of the molecule is CCn1ncc(Cn2cc(Cl)c(N)n2)c1C. The molecule has 2 heterocycles. The fraction of sp³-hybridized carbons (Fsp3) is 0.400. The van der Waals surface area contributed by atoms with Gasteiger partial charge in [-0.25, -0.2) is 0 Å². The number of nitrogens with two attached hydrogens (primary N) is 1. The van der Waals surface area contributed by atoms with Crippen molar-refractivity contribution in [2.24, 2.45) is 0 Å². The van der Waals surface area contributed by atoms with E-state index >= 15 is 0 Å². The Morgan fingerprint density at radius 2 is 2.25 bits per heavy atom. The number of nitrogen functional groups attached to an aromatic ring is 1. The Labute approximate surface area is 98.8 Å². The molecule has 0 amide bonds. The smallest absolute Gasteiger partial charge is 0.164 e. The number of aromatic nitrogens is 4. The normalized spacial score (nSPS) is 10.9. The summed E-state index contributed by atoms with van der Waals surface area (Å²) in [5, 5.41) is 8.86. The number of halogens is 1. The van der Waals surface area contributed by atoms with E-state index in [0.717, 1.165) is 17.8 Å². The second kappa shape index (κ2) is 4.17. The van der Waals surface area contributed by atoms with Gasteiger partial charge in [0, 0.05) is 24.0 Å². The van der Waals surface area contributed by atoms with Gasteiger partial charge < -0.3 is 5.73 Å². The Balaban J connectivity index is 2.23. The van der Waals surface area contributed by atoms with Crippen molar-refractivity contribution in [1.82, 2.24) is 19.6 Å². The molecule has 0 aromatic carbocycles. The van der Waals surface area contributed by atoms with Gasteiger partial charge in [-0.15, -0.1) is 0 Å². The molecule has 0 atom stereocenters. The van der Waals surface area contributed by atoms with Crippen LogP contribution < -0.4 is 5.73 Å². The van der Waals surface area contributed by atoms with Crippen LogP contribution in [0.2, 0.25) is 5.02 Å². The predicted molar refractivity (Wildman–Crippen MR) is 63.4 cm³/mol. The molecule has 2 rings (SSSR count). The Morgan fingerprint density at radius 3 is 2.75 bits per heavy atom. The van der Waals surface area contributed by atoms with Crippen LogP contribution in [0, 0.1) is 6.92 Å². The molecule has 0 saturated carbocycles. The minimum atomic E-state index is 0.363. The predicted octanol–water partition coefficient (Wildman–Crippen LogP) is 1.69. The zero-order chi connectivity index (χ0) is 11.7. The summed E-state index contributed by atoms with van der Waals surface area (Å²) in [7, 11) is 0. The van der Waals surface area contributed by atoms with E-state index in [1.807, 2.05) is 17.8 Å². The molecule has 5 nitrogen and oxygen atoms in total. The van der Waals surface area contributed by atoms with Gasteiger partial charge in [-0.3, -0.25) is 9.36 Å². The van der Waals surface area contributed by atoms with Gasteiger partial charge in [-0.1, -0.05) is 11.6 Å². The van der Waals surface area contributed by atoms with E-state index in [2.05, 4.69) is 17.1 Å². The molecule has 6 heteroatoms. The van der Waals surface area contributed by atoms with E-state index in [1.165, 1.54) is 0 Å². The molecule has 0 aliphatic rings.